The number of carbonyl (C=O) groups excluding carboxylic acids is 1. The van der Waals surface area contributed by atoms with Gasteiger partial charge in [-0.2, -0.15) is 0 Å². The van der Waals surface area contributed by atoms with Crippen molar-refractivity contribution in [2.24, 2.45) is 0 Å². The minimum atomic E-state index is 0.293. The number of carbonyl (C=O) groups is 1. The number of ether oxygens (including phenoxy) is 1. The summed E-state index contributed by atoms with van der Waals surface area (Å²) in [6.45, 7) is 5.08. The van der Waals surface area contributed by atoms with E-state index in [2.05, 4.69) is 0 Å². The topological polar surface area (TPSA) is 29.5 Å². The van der Waals surface area contributed by atoms with Crippen molar-refractivity contribution in [1.29, 1.82) is 0 Å². The number of hydrogen-bond acceptors (Lipinski definition) is 2. The fourth-order valence-corrected chi connectivity index (χ4v) is 1.42. The van der Waals surface area contributed by atoms with Crippen molar-refractivity contribution in [3.8, 4) is 0 Å². The number of nitrogens with zero attached hydrogens (tertiary/aromatic N) is 1. The van der Waals surface area contributed by atoms with Crippen LogP contribution in [0.2, 0.25) is 0 Å². The Labute approximate surface area is 73.7 Å². The molecule has 0 unspecified atom stereocenters. The summed E-state index contributed by atoms with van der Waals surface area (Å²) in [4.78, 5) is 13.2. The van der Waals surface area contributed by atoms with Gasteiger partial charge in [0.2, 0.25) is 5.91 Å². The van der Waals surface area contributed by atoms with Crippen LogP contribution in [0.25, 0.3) is 0 Å². The normalized spacial score (nSPS) is 18.4. The van der Waals surface area contributed by atoms with Gasteiger partial charge in [0.15, 0.2) is 0 Å². The lowest BCUT2D eigenvalue weighted by Gasteiger charge is -2.26. The lowest BCUT2D eigenvalue weighted by molar-refractivity contribution is -0.134. The summed E-state index contributed by atoms with van der Waals surface area (Å²) in [5.74, 6) is 0.293. The summed E-state index contributed by atoms with van der Waals surface area (Å²) in [6.07, 6.45) is 2.94. The molecular formula is C9H17NO2. The average molecular weight is 171 g/mol. The molecule has 0 aromatic heterocycles. The van der Waals surface area contributed by atoms with Gasteiger partial charge in [0.1, 0.15) is 0 Å². The third-order valence-electron chi connectivity index (χ3n) is 2.13. The van der Waals surface area contributed by atoms with Gasteiger partial charge in [-0.1, -0.05) is 0 Å². The molecule has 0 aromatic carbocycles. The first kappa shape index (κ1) is 9.52. The van der Waals surface area contributed by atoms with Crippen LogP contribution in [0, 0.1) is 0 Å². The van der Waals surface area contributed by atoms with Crippen LogP contribution in [0.15, 0.2) is 0 Å². The fourth-order valence-electron chi connectivity index (χ4n) is 1.42. The molecule has 1 aliphatic rings. The number of amides is 1. The van der Waals surface area contributed by atoms with E-state index in [-0.39, 0.29) is 0 Å². The van der Waals surface area contributed by atoms with Gasteiger partial charge in [0, 0.05) is 26.1 Å². The Balaban J connectivity index is 2.16. The molecule has 3 nitrogen and oxygen atoms in total. The van der Waals surface area contributed by atoms with Gasteiger partial charge in [-0.15, -0.1) is 0 Å². The Morgan fingerprint density at radius 2 is 2.33 bits per heavy atom. The van der Waals surface area contributed by atoms with Crippen LogP contribution in [0.5, 0.6) is 0 Å². The monoisotopic (exact) mass is 171 g/mol. The molecule has 0 aliphatic carbocycles. The molecule has 0 saturated carbocycles. The Hall–Kier alpha value is -0.570. The highest BCUT2D eigenvalue weighted by Crippen LogP contribution is 2.09. The van der Waals surface area contributed by atoms with Gasteiger partial charge in [-0.3, -0.25) is 4.79 Å². The molecule has 0 atom stereocenters. The van der Waals surface area contributed by atoms with Crippen LogP contribution >= 0.6 is 0 Å². The zero-order valence-electron chi connectivity index (χ0n) is 7.71. The lowest BCUT2D eigenvalue weighted by atomic mass is 10.1. The predicted molar refractivity (Wildman–Crippen MR) is 46.9 cm³/mol. The highest BCUT2D eigenvalue weighted by Gasteiger charge is 2.16. The molecule has 3 heteroatoms. The second kappa shape index (κ2) is 5.14. The summed E-state index contributed by atoms with van der Waals surface area (Å²) in [7, 11) is 0. The first-order valence-electron chi connectivity index (χ1n) is 4.70. The van der Waals surface area contributed by atoms with Crippen LogP contribution in [0.1, 0.15) is 26.2 Å². The smallest absolute Gasteiger partial charge is 0.222 e. The van der Waals surface area contributed by atoms with Gasteiger partial charge < -0.3 is 9.64 Å². The van der Waals surface area contributed by atoms with E-state index < -0.39 is 0 Å². The largest absolute Gasteiger partial charge is 0.380 e. The summed E-state index contributed by atoms with van der Waals surface area (Å²) in [6, 6.07) is 0. The van der Waals surface area contributed by atoms with E-state index in [4.69, 9.17) is 4.74 Å². The van der Waals surface area contributed by atoms with Gasteiger partial charge >= 0.3 is 0 Å². The van der Waals surface area contributed by atoms with E-state index in [0.29, 0.717) is 12.5 Å². The van der Waals surface area contributed by atoms with Gasteiger partial charge in [0.25, 0.3) is 0 Å². The maximum Gasteiger partial charge on any atom is 0.222 e. The summed E-state index contributed by atoms with van der Waals surface area (Å²) >= 11 is 0. The van der Waals surface area contributed by atoms with E-state index in [9.17, 15) is 4.79 Å². The first-order chi connectivity index (χ1) is 5.84. The summed E-state index contributed by atoms with van der Waals surface area (Å²) in [5.41, 5.74) is 0. The Kier molecular flexibility index (Phi) is 4.08. The number of piperidine rings is 1. The molecule has 1 saturated heterocycles. The van der Waals surface area contributed by atoms with Crippen molar-refractivity contribution in [3.63, 3.8) is 0 Å². The molecule has 0 spiro atoms. The number of likely N-dealkylation sites (tertiary alicyclic amines) is 1. The SMILES string of the molecule is CCOCCN1CCCCC1=O. The van der Waals surface area contributed by atoms with E-state index in [1.165, 1.54) is 0 Å². The lowest BCUT2D eigenvalue weighted by Crippen LogP contribution is -2.37. The number of rotatable bonds is 4. The highest BCUT2D eigenvalue weighted by atomic mass is 16.5. The van der Waals surface area contributed by atoms with Crippen LogP contribution < -0.4 is 0 Å². The first-order valence-corrected chi connectivity index (χ1v) is 4.70. The molecule has 12 heavy (non-hydrogen) atoms. The van der Waals surface area contributed by atoms with Crippen molar-refractivity contribution in [2.45, 2.75) is 26.2 Å². The predicted octanol–water partition coefficient (Wildman–Crippen LogP) is 1.04. The van der Waals surface area contributed by atoms with Crippen molar-refractivity contribution >= 4 is 5.91 Å². The van der Waals surface area contributed by atoms with E-state index in [1.54, 1.807) is 0 Å². The Morgan fingerprint density at radius 3 is 3.00 bits per heavy atom. The molecule has 1 rings (SSSR count). The summed E-state index contributed by atoms with van der Waals surface area (Å²) < 4.78 is 5.19. The van der Waals surface area contributed by atoms with Crippen LogP contribution in [-0.2, 0) is 9.53 Å². The molecule has 70 valence electrons. The molecular weight excluding hydrogens is 154 g/mol. The van der Waals surface area contributed by atoms with E-state index in [0.717, 1.165) is 39.0 Å². The molecule has 1 amide bonds. The molecule has 0 N–H and O–H groups in total. The minimum absolute atomic E-state index is 0.293. The minimum Gasteiger partial charge on any atom is -0.380 e. The third kappa shape index (κ3) is 2.81. The van der Waals surface area contributed by atoms with Crippen molar-refractivity contribution in [1.82, 2.24) is 4.90 Å². The molecule has 1 aliphatic heterocycles. The van der Waals surface area contributed by atoms with Crippen molar-refractivity contribution in [2.75, 3.05) is 26.3 Å². The molecule has 1 heterocycles. The standard InChI is InChI=1S/C9H17NO2/c1-2-12-8-7-10-6-4-3-5-9(10)11/h2-8H2,1H3. The van der Waals surface area contributed by atoms with E-state index in [1.807, 2.05) is 11.8 Å². The van der Waals surface area contributed by atoms with Crippen LogP contribution in [0.3, 0.4) is 0 Å². The number of hydrogen-bond donors (Lipinski definition) is 0. The zero-order valence-corrected chi connectivity index (χ0v) is 7.71. The third-order valence-corrected chi connectivity index (χ3v) is 2.13. The zero-order chi connectivity index (χ0) is 8.81. The van der Waals surface area contributed by atoms with Crippen LogP contribution in [0.4, 0.5) is 0 Å². The van der Waals surface area contributed by atoms with Crippen LogP contribution in [-0.4, -0.2) is 37.1 Å². The van der Waals surface area contributed by atoms with E-state index >= 15 is 0 Å². The summed E-state index contributed by atoms with van der Waals surface area (Å²) in [5, 5.41) is 0. The molecule has 0 radical (unpaired) electrons. The maximum atomic E-state index is 11.3. The molecule has 0 bridgehead atoms. The fraction of sp³-hybridized carbons (Fsp3) is 0.889. The highest BCUT2D eigenvalue weighted by molar-refractivity contribution is 5.76. The second-order valence-electron chi connectivity index (χ2n) is 3.03. The second-order valence-corrected chi connectivity index (χ2v) is 3.03. The van der Waals surface area contributed by atoms with Crippen molar-refractivity contribution in [3.05, 3.63) is 0 Å². The van der Waals surface area contributed by atoms with Gasteiger partial charge in [-0.05, 0) is 19.8 Å². The Bertz CT molecular complexity index is 147. The molecule has 0 aromatic rings. The van der Waals surface area contributed by atoms with Gasteiger partial charge in [-0.25, -0.2) is 0 Å². The quantitative estimate of drug-likeness (QED) is 0.591. The van der Waals surface area contributed by atoms with Gasteiger partial charge in [0.05, 0.1) is 6.61 Å². The Morgan fingerprint density at radius 1 is 1.50 bits per heavy atom. The average Bonchev–Trinajstić information content (AvgIpc) is 2.09. The maximum absolute atomic E-state index is 11.3. The molecule has 1 fully saturated rings. The van der Waals surface area contributed by atoms with Crippen molar-refractivity contribution < 1.29 is 9.53 Å².